The van der Waals surface area contributed by atoms with Crippen molar-refractivity contribution in [3.05, 3.63) is 22.6 Å². The Bertz CT molecular complexity index is 760. The highest BCUT2D eigenvalue weighted by atomic mass is 32.2. The Hall–Kier alpha value is -2.15. The number of hydrogen-bond donors (Lipinski definition) is 0. The second-order valence-electron chi connectivity index (χ2n) is 6.45. The van der Waals surface area contributed by atoms with Crippen LogP contribution in [0.4, 0.5) is 0 Å². The van der Waals surface area contributed by atoms with Gasteiger partial charge >= 0.3 is 0 Å². The normalized spacial score (nSPS) is 21.8. The van der Waals surface area contributed by atoms with Gasteiger partial charge in [-0.15, -0.1) is 0 Å². The summed E-state index contributed by atoms with van der Waals surface area (Å²) in [5.41, 5.74) is 0.754. The lowest BCUT2D eigenvalue weighted by atomic mass is 10.0. The molecule has 7 heteroatoms. The van der Waals surface area contributed by atoms with Gasteiger partial charge in [-0.1, -0.05) is 6.92 Å². The Balaban J connectivity index is 1.86. The molecule has 1 aromatic carbocycles. The fourth-order valence-corrected chi connectivity index (χ4v) is 4.14. The van der Waals surface area contributed by atoms with Gasteiger partial charge in [-0.3, -0.25) is 4.79 Å². The Kier molecular flexibility index (Phi) is 5.76. The van der Waals surface area contributed by atoms with Crippen molar-refractivity contribution >= 4 is 28.9 Å². The summed E-state index contributed by atoms with van der Waals surface area (Å²) in [7, 11) is 4.74. The second kappa shape index (κ2) is 8.03. The van der Waals surface area contributed by atoms with Crippen LogP contribution in [0.15, 0.2) is 22.0 Å². The summed E-state index contributed by atoms with van der Waals surface area (Å²) in [6.45, 7) is 4.14. The fraction of sp³-hybridized carbons (Fsp3) is 0.474. The number of nitrogens with zero attached hydrogens (tertiary/aromatic N) is 2. The maximum Gasteiger partial charge on any atom is 0.286 e. The van der Waals surface area contributed by atoms with Crippen LogP contribution in [0.5, 0.6) is 17.2 Å². The van der Waals surface area contributed by atoms with Crippen LogP contribution in [-0.2, 0) is 4.79 Å². The lowest BCUT2D eigenvalue weighted by molar-refractivity contribution is -0.113. The van der Waals surface area contributed by atoms with E-state index in [0.717, 1.165) is 30.2 Å². The van der Waals surface area contributed by atoms with E-state index in [9.17, 15) is 4.79 Å². The minimum Gasteiger partial charge on any atom is -0.496 e. The number of carbonyl (C=O) groups excluding carboxylic acids is 1. The van der Waals surface area contributed by atoms with Crippen LogP contribution in [0.3, 0.4) is 0 Å². The molecule has 140 valence electrons. The van der Waals surface area contributed by atoms with Crippen LogP contribution in [0.2, 0.25) is 0 Å². The molecule has 0 spiro atoms. The first-order valence-corrected chi connectivity index (χ1v) is 9.45. The molecule has 0 aromatic heterocycles. The third kappa shape index (κ3) is 3.82. The Morgan fingerprint density at radius 1 is 1.15 bits per heavy atom. The maximum absolute atomic E-state index is 12.4. The third-order valence-corrected chi connectivity index (χ3v) is 5.60. The molecule has 0 unspecified atom stereocenters. The molecular weight excluding hydrogens is 352 g/mol. The first-order chi connectivity index (χ1) is 12.5. The smallest absolute Gasteiger partial charge is 0.286 e. The number of rotatable bonds is 4. The second-order valence-corrected chi connectivity index (χ2v) is 7.46. The summed E-state index contributed by atoms with van der Waals surface area (Å²) >= 11 is 1.42. The molecule has 3 rings (SSSR count). The molecule has 2 aliphatic heterocycles. The average Bonchev–Trinajstić information content (AvgIpc) is 3.02. The van der Waals surface area contributed by atoms with E-state index in [0.29, 0.717) is 28.1 Å². The molecule has 1 amide bonds. The number of likely N-dealkylation sites (tertiary alicyclic amines) is 1. The van der Waals surface area contributed by atoms with Crippen molar-refractivity contribution in [2.45, 2.75) is 19.8 Å². The minimum atomic E-state index is -0.208. The van der Waals surface area contributed by atoms with Crippen LogP contribution in [0, 0.1) is 5.92 Å². The maximum atomic E-state index is 12.4. The summed E-state index contributed by atoms with van der Waals surface area (Å²) < 4.78 is 16.1. The summed E-state index contributed by atoms with van der Waals surface area (Å²) in [5.74, 6) is 2.20. The van der Waals surface area contributed by atoms with Crippen molar-refractivity contribution < 1.29 is 19.0 Å². The largest absolute Gasteiger partial charge is 0.496 e. The number of benzene rings is 1. The zero-order valence-corrected chi connectivity index (χ0v) is 16.4. The number of ether oxygens (including phenoxy) is 3. The molecule has 1 aromatic rings. The topological polar surface area (TPSA) is 60.4 Å². The quantitative estimate of drug-likeness (QED) is 0.751. The van der Waals surface area contributed by atoms with Gasteiger partial charge in [0.2, 0.25) is 0 Å². The number of carbonyl (C=O) groups is 1. The highest BCUT2D eigenvalue weighted by molar-refractivity contribution is 8.18. The summed E-state index contributed by atoms with van der Waals surface area (Å²) in [5, 5.41) is 0.798. The first kappa shape index (κ1) is 18.6. The standard InChI is InChI=1S/C19H24N2O4S/c1-12-6-5-7-21(11-12)19-20-18(22)17(26-19)9-13-8-15(24-3)16(25-4)10-14(13)23-2/h8-10,12H,5-7,11H2,1-4H3/b17-9-/t12-/m1/s1. The van der Waals surface area contributed by atoms with Gasteiger partial charge in [0.15, 0.2) is 16.7 Å². The number of amides is 1. The summed E-state index contributed by atoms with van der Waals surface area (Å²) in [6.07, 6.45) is 4.17. The molecule has 0 aliphatic carbocycles. The molecule has 0 saturated carbocycles. The van der Waals surface area contributed by atoms with Gasteiger partial charge in [-0.25, -0.2) is 0 Å². The van der Waals surface area contributed by atoms with Gasteiger partial charge in [0.25, 0.3) is 5.91 Å². The third-order valence-electron chi connectivity index (χ3n) is 4.56. The summed E-state index contributed by atoms with van der Waals surface area (Å²) in [6, 6.07) is 3.56. The van der Waals surface area contributed by atoms with Gasteiger partial charge in [-0.05, 0) is 42.7 Å². The number of hydrogen-bond acceptors (Lipinski definition) is 6. The van der Waals surface area contributed by atoms with Crippen molar-refractivity contribution in [3.63, 3.8) is 0 Å². The van der Waals surface area contributed by atoms with Crippen LogP contribution in [0.25, 0.3) is 6.08 Å². The highest BCUT2D eigenvalue weighted by Crippen LogP contribution is 2.38. The van der Waals surface area contributed by atoms with E-state index in [1.54, 1.807) is 39.5 Å². The van der Waals surface area contributed by atoms with E-state index < -0.39 is 0 Å². The van der Waals surface area contributed by atoms with E-state index in [4.69, 9.17) is 14.2 Å². The summed E-state index contributed by atoms with van der Waals surface area (Å²) in [4.78, 5) is 19.4. The zero-order chi connectivity index (χ0) is 18.7. The first-order valence-electron chi connectivity index (χ1n) is 8.63. The van der Waals surface area contributed by atoms with Crippen molar-refractivity contribution in [3.8, 4) is 17.2 Å². The van der Waals surface area contributed by atoms with Crippen LogP contribution in [0.1, 0.15) is 25.3 Å². The Morgan fingerprint density at radius 2 is 1.85 bits per heavy atom. The molecule has 2 aliphatic rings. The van der Waals surface area contributed by atoms with Gasteiger partial charge in [-0.2, -0.15) is 4.99 Å². The van der Waals surface area contributed by atoms with Crippen LogP contribution < -0.4 is 14.2 Å². The van der Waals surface area contributed by atoms with E-state index in [2.05, 4.69) is 16.8 Å². The lowest BCUT2D eigenvalue weighted by Crippen LogP contribution is -2.37. The van der Waals surface area contributed by atoms with E-state index in [1.165, 1.54) is 18.2 Å². The predicted octanol–water partition coefficient (Wildman–Crippen LogP) is 3.41. The van der Waals surface area contributed by atoms with E-state index >= 15 is 0 Å². The van der Waals surface area contributed by atoms with Gasteiger partial charge in [0.1, 0.15) is 5.75 Å². The molecular formula is C19H24N2O4S. The zero-order valence-electron chi connectivity index (χ0n) is 15.6. The Labute approximate surface area is 158 Å². The number of methoxy groups -OCH3 is 3. The number of thioether (sulfide) groups is 1. The van der Waals surface area contributed by atoms with E-state index in [1.807, 2.05) is 0 Å². The lowest BCUT2D eigenvalue weighted by Gasteiger charge is -2.31. The van der Waals surface area contributed by atoms with Crippen molar-refractivity contribution in [1.29, 1.82) is 0 Å². The monoisotopic (exact) mass is 376 g/mol. The van der Waals surface area contributed by atoms with E-state index in [-0.39, 0.29) is 5.91 Å². The number of aliphatic imine (C=N–C) groups is 1. The van der Waals surface area contributed by atoms with Gasteiger partial charge in [0, 0.05) is 24.7 Å². The fourth-order valence-electron chi connectivity index (χ4n) is 3.20. The minimum absolute atomic E-state index is 0.208. The molecule has 1 fully saturated rings. The molecule has 2 heterocycles. The average molecular weight is 376 g/mol. The molecule has 0 bridgehead atoms. The van der Waals surface area contributed by atoms with Crippen LogP contribution in [-0.4, -0.2) is 50.4 Å². The molecule has 1 atom stereocenters. The van der Waals surface area contributed by atoms with Gasteiger partial charge in [0.05, 0.1) is 26.2 Å². The molecule has 1 saturated heterocycles. The molecule has 6 nitrogen and oxygen atoms in total. The van der Waals surface area contributed by atoms with Crippen molar-refractivity contribution in [2.24, 2.45) is 10.9 Å². The van der Waals surface area contributed by atoms with Gasteiger partial charge < -0.3 is 19.1 Å². The molecule has 0 N–H and O–H groups in total. The number of amidine groups is 1. The molecule has 0 radical (unpaired) electrons. The van der Waals surface area contributed by atoms with Crippen molar-refractivity contribution in [2.75, 3.05) is 34.4 Å². The Morgan fingerprint density at radius 3 is 2.50 bits per heavy atom. The number of piperidine rings is 1. The van der Waals surface area contributed by atoms with Crippen molar-refractivity contribution in [1.82, 2.24) is 4.90 Å². The highest BCUT2D eigenvalue weighted by Gasteiger charge is 2.29. The SMILES string of the molecule is COc1cc(OC)c(OC)cc1/C=C1\SC(N2CCC[C@@H](C)C2)=NC1=O. The predicted molar refractivity (Wildman–Crippen MR) is 104 cm³/mol. The van der Waals surface area contributed by atoms with Crippen LogP contribution >= 0.6 is 11.8 Å². The molecule has 26 heavy (non-hydrogen) atoms.